The van der Waals surface area contributed by atoms with Crippen molar-refractivity contribution in [3.8, 4) is 0 Å². The second-order valence-corrected chi connectivity index (χ2v) is 7.08. The molecule has 4 nitrogen and oxygen atoms in total. The van der Waals surface area contributed by atoms with E-state index in [1.165, 1.54) is 0 Å². The minimum absolute atomic E-state index is 0.257. The van der Waals surface area contributed by atoms with E-state index in [0.717, 1.165) is 10.5 Å². The molecule has 0 saturated heterocycles. The van der Waals surface area contributed by atoms with Crippen molar-refractivity contribution in [2.45, 2.75) is 11.4 Å². The number of nitrogens with zero attached hydrogens (tertiary/aromatic N) is 2. The van der Waals surface area contributed by atoms with Gasteiger partial charge in [-0.1, -0.05) is 35.3 Å². The van der Waals surface area contributed by atoms with Crippen LogP contribution in [-0.4, -0.2) is 21.9 Å². The van der Waals surface area contributed by atoms with E-state index in [1.807, 2.05) is 36.6 Å². The zero-order valence-electron chi connectivity index (χ0n) is 13.4. The van der Waals surface area contributed by atoms with Crippen molar-refractivity contribution in [3.63, 3.8) is 0 Å². The first-order valence-corrected chi connectivity index (χ1v) is 9.45. The number of carbonyl (C=O) groups excluding carboxylic acids is 1. The van der Waals surface area contributed by atoms with Crippen LogP contribution in [0.4, 0.5) is 5.69 Å². The fourth-order valence-corrected chi connectivity index (χ4v) is 3.06. The van der Waals surface area contributed by atoms with Gasteiger partial charge in [0.15, 0.2) is 0 Å². The Morgan fingerprint density at radius 2 is 1.96 bits per heavy atom. The van der Waals surface area contributed by atoms with Crippen LogP contribution in [0.2, 0.25) is 10.0 Å². The first-order valence-electron chi connectivity index (χ1n) is 7.47. The minimum atomic E-state index is -0.257. The molecule has 128 valence electrons. The van der Waals surface area contributed by atoms with Crippen LogP contribution in [0.15, 0.2) is 59.8 Å². The third-order valence-corrected chi connectivity index (χ3v) is 4.87. The van der Waals surface area contributed by atoms with Gasteiger partial charge < -0.3 is 5.32 Å². The summed E-state index contributed by atoms with van der Waals surface area (Å²) < 4.78 is 1.75. The lowest BCUT2D eigenvalue weighted by molar-refractivity contribution is 0.102. The van der Waals surface area contributed by atoms with Crippen LogP contribution in [0.3, 0.4) is 0 Å². The van der Waals surface area contributed by atoms with Crippen molar-refractivity contribution in [1.82, 2.24) is 9.78 Å². The summed E-state index contributed by atoms with van der Waals surface area (Å²) in [4.78, 5) is 13.4. The van der Waals surface area contributed by atoms with Crippen LogP contribution < -0.4 is 5.32 Å². The molecule has 0 aliphatic carbocycles. The highest BCUT2D eigenvalue weighted by molar-refractivity contribution is 7.98. The van der Waals surface area contributed by atoms with Crippen molar-refractivity contribution in [2.24, 2.45) is 0 Å². The summed E-state index contributed by atoms with van der Waals surface area (Å²) in [6.45, 7) is 0.593. The van der Waals surface area contributed by atoms with E-state index in [2.05, 4.69) is 10.4 Å². The monoisotopic (exact) mass is 391 g/mol. The molecule has 1 aromatic heterocycles. The van der Waals surface area contributed by atoms with E-state index in [0.29, 0.717) is 27.8 Å². The lowest BCUT2D eigenvalue weighted by Crippen LogP contribution is -2.12. The van der Waals surface area contributed by atoms with E-state index >= 15 is 0 Å². The normalized spacial score (nSPS) is 10.7. The summed E-state index contributed by atoms with van der Waals surface area (Å²) >= 11 is 13.6. The number of anilines is 1. The molecule has 0 atom stereocenters. The summed E-state index contributed by atoms with van der Waals surface area (Å²) in [6.07, 6.45) is 5.34. The van der Waals surface area contributed by atoms with Gasteiger partial charge in [0.2, 0.25) is 0 Å². The molecule has 0 aliphatic heterocycles. The second kappa shape index (κ2) is 7.95. The maximum atomic E-state index is 12.5. The highest BCUT2D eigenvalue weighted by Crippen LogP contribution is 2.24. The number of hydrogen-bond acceptors (Lipinski definition) is 3. The number of rotatable bonds is 5. The first kappa shape index (κ1) is 17.9. The molecule has 25 heavy (non-hydrogen) atoms. The van der Waals surface area contributed by atoms with Gasteiger partial charge in [0, 0.05) is 16.1 Å². The molecule has 0 spiro atoms. The lowest BCUT2D eigenvalue weighted by Gasteiger charge is -2.06. The van der Waals surface area contributed by atoms with Crippen molar-refractivity contribution >= 4 is 46.6 Å². The van der Waals surface area contributed by atoms with Gasteiger partial charge in [-0.15, -0.1) is 11.8 Å². The molecule has 1 N–H and O–H groups in total. The molecule has 0 aliphatic rings. The van der Waals surface area contributed by atoms with Crippen molar-refractivity contribution in [3.05, 3.63) is 76.0 Å². The summed E-state index contributed by atoms with van der Waals surface area (Å²) in [7, 11) is 0. The van der Waals surface area contributed by atoms with Crippen LogP contribution >= 0.6 is 35.0 Å². The van der Waals surface area contributed by atoms with Crippen molar-refractivity contribution < 1.29 is 4.79 Å². The van der Waals surface area contributed by atoms with Gasteiger partial charge in [-0.2, -0.15) is 5.10 Å². The van der Waals surface area contributed by atoms with Gasteiger partial charge in [0.1, 0.15) is 0 Å². The molecule has 3 aromatic rings. The van der Waals surface area contributed by atoms with Gasteiger partial charge in [0.25, 0.3) is 5.91 Å². The second-order valence-electron chi connectivity index (χ2n) is 5.35. The Labute approximate surface area is 160 Å². The zero-order chi connectivity index (χ0) is 17.8. The predicted octanol–water partition coefficient (Wildman–Crippen LogP) is 5.21. The number of carbonyl (C=O) groups is 1. The summed E-state index contributed by atoms with van der Waals surface area (Å²) in [6, 6.07) is 12.9. The van der Waals surface area contributed by atoms with Gasteiger partial charge in [-0.25, -0.2) is 0 Å². The molecule has 1 amide bonds. The Kier molecular flexibility index (Phi) is 5.68. The summed E-state index contributed by atoms with van der Waals surface area (Å²) in [5, 5.41) is 8.21. The molecule has 0 fully saturated rings. The number of benzene rings is 2. The number of thioether (sulfide) groups is 1. The molecular weight excluding hydrogens is 377 g/mol. The van der Waals surface area contributed by atoms with E-state index < -0.39 is 0 Å². The Hall–Kier alpha value is -1.95. The lowest BCUT2D eigenvalue weighted by atomic mass is 10.2. The van der Waals surface area contributed by atoms with Crippen LogP contribution in [-0.2, 0) is 6.54 Å². The van der Waals surface area contributed by atoms with Crippen LogP contribution in [0.25, 0.3) is 0 Å². The van der Waals surface area contributed by atoms with Crippen LogP contribution in [0, 0.1) is 0 Å². The number of hydrogen-bond donors (Lipinski definition) is 1. The molecule has 0 saturated carbocycles. The van der Waals surface area contributed by atoms with Crippen molar-refractivity contribution in [2.75, 3.05) is 11.6 Å². The van der Waals surface area contributed by atoms with Crippen LogP contribution in [0.1, 0.15) is 15.9 Å². The molecule has 1 heterocycles. The summed E-state index contributed by atoms with van der Waals surface area (Å²) in [5.41, 5.74) is 2.13. The fourth-order valence-electron chi connectivity index (χ4n) is 2.30. The van der Waals surface area contributed by atoms with E-state index in [1.54, 1.807) is 41.0 Å². The molecule has 0 radical (unpaired) electrons. The quantitative estimate of drug-likeness (QED) is 0.606. The third-order valence-electron chi connectivity index (χ3n) is 3.57. The van der Waals surface area contributed by atoms with Crippen LogP contribution in [0.5, 0.6) is 0 Å². The van der Waals surface area contributed by atoms with Gasteiger partial charge >= 0.3 is 0 Å². The van der Waals surface area contributed by atoms with Crippen molar-refractivity contribution in [1.29, 1.82) is 0 Å². The van der Waals surface area contributed by atoms with Gasteiger partial charge in [-0.05, 0) is 42.2 Å². The minimum Gasteiger partial charge on any atom is -0.319 e. The van der Waals surface area contributed by atoms with E-state index in [9.17, 15) is 4.79 Å². The average Bonchev–Trinajstić information content (AvgIpc) is 3.04. The zero-order valence-corrected chi connectivity index (χ0v) is 15.7. The number of nitrogens with one attached hydrogen (secondary N) is 1. The molecule has 3 rings (SSSR count). The molecule has 0 bridgehead atoms. The number of amides is 1. The third kappa shape index (κ3) is 4.57. The molecular formula is C18H15Cl2N3OS. The largest absolute Gasteiger partial charge is 0.319 e. The molecule has 0 unspecified atom stereocenters. The number of halogens is 2. The SMILES string of the molecule is CSc1ccc(Cl)c(C(=O)Nc2cnn(Cc3ccc(Cl)cc3)c2)c1. The Morgan fingerprint density at radius 1 is 1.20 bits per heavy atom. The standard InChI is InChI=1S/C18H15Cl2N3OS/c1-25-15-6-7-17(20)16(8-15)18(24)22-14-9-21-23(11-14)10-12-2-4-13(19)5-3-12/h2-9,11H,10H2,1H3,(H,22,24). The Bertz CT molecular complexity index is 894. The molecule has 7 heteroatoms. The smallest absolute Gasteiger partial charge is 0.257 e. The Balaban J connectivity index is 1.70. The maximum Gasteiger partial charge on any atom is 0.257 e. The number of aromatic nitrogens is 2. The molecule has 2 aromatic carbocycles. The average molecular weight is 392 g/mol. The highest BCUT2D eigenvalue weighted by atomic mass is 35.5. The predicted molar refractivity (Wildman–Crippen MR) is 104 cm³/mol. The maximum absolute atomic E-state index is 12.5. The summed E-state index contributed by atoms with van der Waals surface area (Å²) in [5.74, 6) is -0.257. The first-order chi connectivity index (χ1) is 12.0. The fraction of sp³-hybridized carbons (Fsp3) is 0.111. The van der Waals surface area contributed by atoms with E-state index in [4.69, 9.17) is 23.2 Å². The Morgan fingerprint density at radius 3 is 2.68 bits per heavy atom. The van der Waals surface area contributed by atoms with Gasteiger partial charge in [0.05, 0.1) is 29.0 Å². The van der Waals surface area contributed by atoms with Gasteiger partial charge in [-0.3, -0.25) is 9.48 Å². The highest BCUT2D eigenvalue weighted by Gasteiger charge is 2.12. The van der Waals surface area contributed by atoms with E-state index in [-0.39, 0.29) is 5.91 Å². The topological polar surface area (TPSA) is 46.9 Å².